The minimum atomic E-state index is 1.09. The molecule has 1 fully saturated rings. The highest BCUT2D eigenvalue weighted by Gasteiger charge is 2.10. The van der Waals surface area contributed by atoms with Crippen molar-refractivity contribution >= 4 is 0 Å². The van der Waals surface area contributed by atoms with E-state index >= 15 is 0 Å². The van der Waals surface area contributed by atoms with Gasteiger partial charge in [-0.15, -0.1) is 0 Å². The summed E-state index contributed by atoms with van der Waals surface area (Å²) in [6, 6.07) is 0. The Balaban J connectivity index is 2.09. The molecule has 0 aliphatic heterocycles. The Labute approximate surface area is 71.4 Å². The summed E-state index contributed by atoms with van der Waals surface area (Å²) in [5, 5.41) is 0. The van der Waals surface area contributed by atoms with Gasteiger partial charge in [-0.2, -0.15) is 0 Å². The Morgan fingerprint density at radius 3 is 2.18 bits per heavy atom. The number of hydrogen-bond donors (Lipinski definition) is 0. The van der Waals surface area contributed by atoms with E-state index in [1.165, 1.54) is 57.8 Å². The van der Waals surface area contributed by atoms with Crippen LogP contribution in [-0.4, -0.2) is 0 Å². The van der Waals surface area contributed by atoms with E-state index in [-0.39, 0.29) is 0 Å². The lowest BCUT2D eigenvalue weighted by atomic mass is 9.94. The third-order valence-corrected chi connectivity index (χ3v) is 2.94. The molecule has 1 saturated carbocycles. The summed E-state index contributed by atoms with van der Waals surface area (Å²) < 4.78 is 0. The van der Waals surface area contributed by atoms with Crippen molar-refractivity contribution in [1.82, 2.24) is 0 Å². The average Bonchev–Trinajstić information content (AvgIpc) is 2.28. The SMILES string of the molecule is CCCCC1CCCCCC1. The molecule has 0 saturated heterocycles. The van der Waals surface area contributed by atoms with Crippen molar-refractivity contribution in [2.45, 2.75) is 64.7 Å². The molecule has 0 aromatic carbocycles. The molecule has 11 heavy (non-hydrogen) atoms. The van der Waals surface area contributed by atoms with Crippen molar-refractivity contribution in [3.8, 4) is 0 Å². The highest BCUT2D eigenvalue weighted by Crippen LogP contribution is 2.26. The maximum atomic E-state index is 2.30. The maximum Gasteiger partial charge on any atom is -0.0414 e. The molecular weight excluding hydrogens is 132 g/mol. The second-order valence-corrected chi connectivity index (χ2v) is 4.00. The average molecular weight is 154 g/mol. The van der Waals surface area contributed by atoms with Gasteiger partial charge in [0.2, 0.25) is 0 Å². The van der Waals surface area contributed by atoms with Gasteiger partial charge in [-0.1, -0.05) is 64.7 Å². The molecule has 0 heteroatoms. The number of hydrogen-bond acceptors (Lipinski definition) is 0. The first-order valence-corrected chi connectivity index (χ1v) is 5.43. The summed E-state index contributed by atoms with van der Waals surface area (Å²) in [5.41, 5.74) is 0. The highest BCUT2D eigenvalue weighted by molar-refractivity contribution is 4.64. The molecule has 0 unspecified atom stereocenters. The largest absolute Gasteiger partial charge is 0.0654 e. The van der Waals surface area contributed by atoms with E-state index in [9.17, 15) is 0 Å². The summed E-state index contributed by atoms with van der Waals surface area (Å²) >= 11 is 0. The molecule has 0 spiro atoms. The van der Waals surface area contributed by atoms with E-state index in [0.717, 1.165) is 5.92 Å². The monoisotopic (exact) mass is 154 g/mol. The zero-order valence-electron chi connectivity index (χ0n) is 7.94. The first kappa shape index (κ1) is 9.09. The topological polar surface area (TPSA) is 0 Å². The fourth-order valence-corrected chi connectivity index (χ4v) is 2.15. The van der Waals surface area contributed by atoms with Crippen LogP contribution in [0.3, 0.4) is 0 Å². The van der Waals surface area contributed by atoms with Gasteiger partial charge in [-0.3, -0.25) is 0 Å². The van der Waals surface area contributed by atoms with Crippen LogP contribution in [0, 0.1) is 5.92 Å². The molecule has 0 aromatic rings. The lowest BCUT2D eigenvalue weighted by Gasteiger charge is -2.12. The summed E-state index contributed by atoms with van der Waals surface area (Å²) in [5.74, 6) is 1.09. The van der Waals surface area contributed by atoms with E-state index in [2.05, 4.69) is 6.92 Å². The zero-order chi connectivity index (χ0) is 7.94. The molecule has 0 nitrogen and oxygen atoms in total. The summed E-state index contributed by atoms with van der Waals surface area (Å²) in [7, 11) is 0. The molecule has 0 atom stereocenters. The second-order valence-electron chi connectivity index (χ2n) is 4.00. The molecule has 0 N–H and O–H groups in total. The van der Waals surface area contributed by atoms with E-state index in [4.69, 9.17) is 0 Å². The van der Waals surface area contributed by atoms with E-state index < -0.39 is 0 Å². The van der Waals surface area contributed by atoms with Crippen LogP contribution >= 0.6 is 0 Å². The van der Waals surface area contributed by atoms with Crippen LogP contribution in [0.1, 0.15) is 64.7 Å². The Bertz CT molecular complexity index is 78.0. The number of unbranched alkanes of at least 4 members (excludes halogenated alkanes) is 1. The van der Waals surface area contributed by atoms with Crippen molar-refractivity contribution in [3.63, 3.8) is 0 Å². The summed E-state index contributed by atoms with van der Waals surface area (Å²) in [4.78, 5) is 0. The third kappa shape index (κ3) is 3.79. The van der Waals surface area contributed by atoms with Gasteiger partial charge in [0.05, 0.1) is 0 Å². The Kier molecular flexibility index (Phi) is 4.65. The normalized spacial score (nSPS) is 21.5. The molecule has 0 aromatic heterocycles. The van der Waals surface area contributed by atoms with Gasteiger partial charge in [0.1, 0.15) is 0 Å². The molecule has 1 rings (SSSR count). The van der Waals surface area contributed by atoms with Crippen LogP contribution in [0.4, 0.5) is 0 Å². The molecule has 1 aliphatic carbocycles. The highest BCUT2D eigenvalue weighted by atomic mass is 14.2. The Hall–Kier alpha value is 0. The maximum absolute atomic E-state index is 2.30. The lowest BCUT2D eigenvalue weighted by Crippen LogP contribution is -1.97. The predicted molar refractivity (Wildman–Crippen MR) is 50.7 cm³/mol. The van der Waals surface area contributed by atoms with Crippen LogP contribution in [-0.2, 0) is 0 Å². The van der Waals surface area contributed by atoms with Crippen LogP contribution in [0.25, 0.3) is 0 Å². The van der Waals surface area contributed by atoms with Gasteiger partial charge < -0.3 is 0 Å². The Morgan fingerprint density at radius 1 is 1.00 bits per heavy atom. The van der Waals surface area contributed by atoms with Crippen molar-refractivity contribution in [2.75, 3.05) is 0 Å². The minimum Gasteiger partial charge on any atom is -0.0654 e. The van der Waals surface area contributed by atoms with Crippen molar-refractivity contribution in [3.05, 3.63) is 0 Å². The van der Waals surface area contributed by atoms with Gasteiger partial charge in [0, 0.05) is 0 Å². The molecule has 1 aliphatic rings. The summed E-state index contributed by atoms with van der Waals surface area (Å²) in [6.45, 7) is 2.30. The van der Waals surface area contributed by atoms with Crippen LogP contribution in [0.2, 0.25) is 0 Å². The first-order chi connectivity index (χ1) is 5.43. The van der Waals surface area contributed by atoms with Gasteiger partial charge >= 0.3 is 0 Å². The van der Waals surface area contributed by atoms with Gasteiger partial charge in [0.25, 0.3) is 0 Å². The van der Waals surface area contributed by atoms with Gasteiger partial charge in [-0.05, 0) is 5.92 Å². The summed E-state index contributed by atoms with van der Waals surface area (Å²) in [6.07, 6.45) is 13.4. The predicted octanol–water partition coefficient (Wildman–Crippen LogP) is 4.15. The Morgan fingerprint density at radius 2 is 1.64 bits per heavy atom. The molecule has 66 valence electrons. The molecule has 0 bridgehead atoms. The minimum absolute atomic E-state index is 1.09. The fourth-order valence-electron chi connectivity index (χ4n) is 2.15. The van der Waals surface area contributed by atoms with E-state index in [1.807, 2.05) is 0 Å². The van der Waals surface area contributed by atoms with E-state index in [0.29, 0.717) is 0 Å². The van der Waals surface area contributed by atoms with Crippen LogP contribution in [0.15, 0.2) is 0 Å². The molecule has 0 heterocycles. The van der Waals surface area contributed by atoms with Crippen molar-refractivity contribution in [2.24, 2.45) is 5.92 Å². The number of rotatable bonds is 3. The molecular formula is C11H22. The van der Waals surface area contributed by atoms with Gasteiger partial charge in [0.15, 0.2) is 0 Å². The zero-order valence-corrected chi connectivity index (χ0v) is 7.94. The van der Waals surface area contributed by atoms with Crippen molar-refractivity contribution in [1.29, 1.82) is 0 Å². The quantitative estimate of drug-likeness (QED) is 0.536. The lowest BCUT2D eigenvalue weighted by molar-refractivity contribution is 0.413. The second kappa shape index (κ2) is 5.62. The standard InChI is InChI=1S/C11H22/c1-2-3-8-11-9-6-4-5-7-10-11/h11H,2-10H2,1H3. The van der Waals surface area contributed by atoms with Crippen molar-refractivity contribution < 1.29 is 0 Å². The third-order valence-electron chi connectivity index (χ3n) is 2.94. The molecule has 0 radical (unpaired) electrons. The van der Waals surface area contributed by atoms with E-state index in [1.54, 1.807) is 0 Å². The first-order valence-electron chi connectivity index (χ1n) is 5.43. The smallest absolute Gasteiger partial charge is 0.0414 e. The fraction of sp³-hybridized carbons (Fsp3) is 1.00. The van der Waals surface area contributed by atoms with Crippen LogP contribution < -0.4 is 0 Å². The van der Waals surface area contributed by atoms with Gasteiger partial charge in [-0.25, -0.2) is 0 Å². The molecule has 0 amide bonds. The van der Waals surface area contributed by atoms with Crippen LogP contribution in [0.5, 0.6) is 0 Å².